The van der Waals surface area contributed by atoms with E-state index in [1.165, 1.54) is 24.3 Å². The predicted octanol–water partition coefficient (Wildman–Crippen LogP) is 4.69. The zero-order chi connectivity index (χ0) is 23.8. The molecule has 0 unspecified atom stereocenters. The summed E-state index contributed by atoms with van der Waals surface area (Å²) in [5.41, 5.74) is -1.07. The third-order valence-electron chi connectivity index (χ3n) is 6.82. The number of halogens is 2. The Labute approximate surface area is 204 Å². The van der Waals surface area contributed by atoms with Gasteiger partial charge in [0.05, 0.1) is 33.7 Å². The highest BCUT2D eigenvalue weighted by molar-refractivity contribution is 6.45. The van der Waals surface area contributed by atoms with Crippen LogP contribution in [0.25, 0.3) is 0 Å². The fraction of sp³-hybridized carbons (Fsp3) is 0.154. The maximum atomic E-state index is 13.9. The minimum Gasteiger partial charge on any atom is -0.349 e. The maximum absolute atomic E-state index is 13.9. The second-order valence-electron chi connectivity index (χ2n) is 8.48. The Balaban J connectivity index is 1.57. The van der Waals surface area contributed by atoms with Gasteiger partial charge < -0.3 is 4.74 Å². The van der Waals surface area contributed by atoms with Crippen LogP contribution in [0.2, 0.25) is 10.0 Å². The van der Waals surface area contributed by atoms with Crippen LogP contribution < -0.4 is 4.90 Å². The molecule has 3 aromatic carbocycles. The Kier molecular flexibility index (Phi) is 4.58. The van der Waals surface area contributed by atoms with Gasteiger partial charge in [-0.1, -0.05) is 83.9 Å². The quantitative estimate of drug-likeness (QED) is 0.383. The van der Waals surface area contributed by atoms with Crippen LogP contribution in [0.4, 0.5) is 5.69 Å². The summed E-state index contributed by atoms with van der Waals surface area (Å²) in [6, 6.07) is 19.8. The average molecular weight is 492 g/mol. The fourth-order valence-electron chi connectivity index (χ4n) is 5.36. The first-order chi connectivity index (χ1) is 16.4. The van der Waals surface area contributed by atoms with Gasteiger partial charge in [-0.2, -0.15) is 0 Å². The molecule has 8 heteroatoms. The van der Waals surface area contributed by atoms with Gasteiger partial charge in [-0.25, -0.2) is 4.90 Å². The normalized spacial score (nSPS) is 24.8. The van der Waals surface area contributed by atoms with Gasteiger partial charge in [0.25, 0.3) is 0 Å². The van der Waals surface area contributed by atoms with E-state index in [1.807, 2.05) is 0 Å². The van der Waals surface area contributed by atoms with E-state index >= 15 is 0 Å². The number of amides is 2. The summed E-state index contributed by atoms with van der Waals surface area (Å²) in [4.78, 5) is 56.0. The van der Waals surface area contributed by atoms with Crippen LogP contribution in [0, 0.1) is 11.8 Å². The highest BCUT2D eigenvalue weighted by Crippen LogP contribution is 2.58. The van der Waals surface area contributed by atoms with Crippen molar-refractivity contribution in [3.63, 3.8) is 0 Å². The molecule has 0 aromatic heterocycles. The maximum Gasteiger partial charge on any atom is 0.241 e. The Morgan fingerprint density at radius 2 is 1.35 bits per heavy atom. The van der Waals surface area contributed by atoms with Crippen LogP contribution in [0.1, 0.15) is 32.4 Å². The van der Waals surface area contributed by atoms with E-state index in [1.54, 1.807) is 48.5 Å². The van der Waals surface area contributed by atoms with Gasteiger partial charge in [-0.05, 0) is 17.7 Å². The minimum atomic E-state index is -2.12. The average Bonchev–Trinajstić information content (AvgIpc) is 3.42. The number of carbonyl (C=O) groups excluding carboxylic acids is 4. The van der Waals surface area contributed by atoms with Crippen molar-refractivity contribution < 1.29 is 23.9 Å². The Bertz CT molecular complexity index is 1380. The molecule has 1 aliphatic carbocycles. The van der Waals surface area contributed by atoms with Crippen molar-refractivity contribution in [1.29, 1.82) is 0 Å². The number of benzene rings is 3. The molecule has 3 atom stereocenters. The lowest BCUT2D eigenvalue weighted by Crippen LogP contribution is -2.51. The van der Waals surface area contributed by atoms with Crippen molar-refractivity contribution in [2.24, 2.45) is 11.8 Å². The molecule has 2 aliphatic heterocycles. The first kappa shape index (κ1) is 21.2. The first-order valence-electron chi connectivity index (χ1n) is 10.6. The summed E-state index contributed by atoms with van der Waals surface area (Å²) in [6.07, 6.45) is -0.979. The number of nitrogens with zero attached hydrogens (tertiary/aromatic N) is 1. The second-order valence-corrected chi connectivity index (χ2v) is 9.26. The second kappa shape index (κ2) is 7.34. The molecule has 3 aliphatic rings. The van der Waals surface area contributed by atoms with Gasteiger partial charge in [0.1, 0.15) is 0 Å². The highest BCUT2D eigenvalue weighted by atomic mass is 35.5. The molecule has 0 radical (unpaired) electrons. The summed E-state index contributed by atoms with van der Waals surface area (Å²) in [5.74, 6) is -4.96. The zero-order valence-corrected chi connectivity index (χ0v) is 18.9. The summed E-state index contributed by atoms with van der Waals surface area (Å²) in [7, 11) is 0. The van der Waals surface area contributed by atoms with Crippen molar-refractivity contribution in [3.05, 3.63) is 99.5 Å². The molecular weight excluding hydrogens is 477 g/mol. The van der Waals surface area contributed by atoms with Gasteiger partial charge in [0.2, 0.25) is 29.0 Å². The monoisotopic (exact) mass is 491 g/mol. The van der Waals surface area contributed by atoms with E-state index in [-0.39, 0.29) is 26.9 Å². The number of rotatable bonds is 2. The molecular formula is C26H15Cl2NO5. The standard InChI is InChI=1S/C26H15Cl2NO5/c27-16-11-6-12-17(20(16)28)29-24(32)18-19(25(29)33)26(34-21(18)13-7-2-1-3-8-13)22(30)14-9-4-5-10-15(14)23(26)31/h1-12,18-19,21H/t18-,19+,21+/m1/s1. The van der Waals surface area contributed by atoms with Crippen molar-refractivity contribution in [3.8, 4) is 0 Å². The predicted molar refractivity (Wildman–Crippen MR) is 124 cm³/mol. The number of carbonyl (C=O) groups is 4. The zero-order valence-electron chi connectivity index (χ0n) is 17.4. The molecule has 6 nitrogen and oxygen atoms in total. The molecule has 6 rings (SSSR count). The summed E-state index contributed by atoms with van der Waals surface area (Å²) in [5, 5.41) is 0.201. The van der Waals surface area contributed by atoms with Crippen LogP contribution in [0.15, 0.2) is 72.8 Å². The lowest BCUT2D eigenvalue weighted by molar-refractivity contribution is -0.127. The third-order valence-corrected chi connectivity index (χ3v) is 7.63. The molecule has 0 bridgehead atoms. The largest absolute Gasteiger partial charge is 0.349 e. The summed E-state index contributed by atoms with van der Waals surface area (Å²) < 4.78 is 6.22. The topological polar surface area (TPSA) is 80.8 Å². The van der Waals surface area contributed by atoms with E-state index in [2.05, 4.69) is 0 Å². The number of fused-ring (bicyclic) bond motifs is 3. The van der Waals surface area contributed by atoms with Crippen LogP contribution in [0.3, 0.4) is 0 Å². The minimum absolute atomic E-state index is 0.0319. The molecule has 0 N–H and O–H groups in total. The van der Waals surface area contributed by atoms with E-state index in [0.717, 1.165) is 4.90 Å². The number of Topliss-reactive ketones (excluding diaryl/α,β-unsaturated/α-hetero) is 2. The summed E-state index contributed by atoms with van der Waals surface area (Å²) in [6.45, 7) is 0. The van der Waals surface area contributed by atoms with Gasteiger partial charge in [-0.3, -0.25) is 19.2 Å². The highest BCUT2D eigenvalue weighted by Gasteiger charge is 2.74. The van der Waals surface area contributed by atoms with Crippen molar-refractivity contribution in [2.45, 2.75) is 11.7 Å². The van der Waals surface area contributed by atoms with Gasteiger partial charge in [0, 0.05) is 11.1 Å². The van der Waals surface area contributed by atoms with E-state index < -0.39 is 46.9 Å². The molecule has 2 saturated heterocycles. The SMILES string of the molecule is O=C1[C@@H]2[C@@H](C(=O)N1c1cccc(Cl)c1Cl)C1(O[C@H]2c2ccccc2)C(=O)c2ccccc2C1=O. The molecule has 34 heavy (non-hydrogen) atoms. The molecule has 168 valence electrons. The van der Waals surface area contributed by atoms with E-state index in [4.69, 9.17) is 27.9 Å². The fourth-order valence-corrected chi connectivity index (χ4v) is 5.74. The van der Waals surface area contributed by atoms with Crippen molar-refractivity contribution in [2.75, 3.05) is 4.90 Å². The first-order valence-corrected chi connectivity index (χ1v) is 11.4. The molecule has 3 aromatic rings. The van der Waals surface area contributed by atoms with E-state index in [0.29, 0.717) is 5.56 Å². The van der Waals surface area contributed by atoms with Crippen LogP contribution in [-0.2, 0) is 14.3 Å². The molecule has 2 heterocycles. The lowest BCUT2D eigenvalue weighted by Gasteiger charge is -2.27. The van der Waals surface area contributed by atoms with Crippen molar-refractivity contribution >= 4 is 52.3 Å². The van der Waals surface area contributed by atoms with Gasteiger partial charge >= 0.3 is 0 Å². The number of hydrogen-bond donors (Lipinski definition) is 0. The Morgan fingerprint density at radius 3 is 2.00 bits per heavy atom. The third kappa shape index (κ3) is 2.56. The molecule has 1 spiro atoms. The van der Waals surface area contributed by atoms with E-state index in [9.17, 15) is 19.2 Å². The summed E-state index contributed by atoms with van der Waals surface area (Å²) >= 11 is 12.5. The Morgan fingerprint density at radius 1 is 0.735 bits per heavy atom. The Hall–Kier alpha value is -3.32. The molecule has 2 fully saturated rings. The molecule has 2 amide bonds. The van der Waals surface area contributed by atoms with Crippen LogP contribution >= 0.6 is 23.2 Å². The number of anilines is 1. The van der Waals surface area contributed by atoms with Crippen molar-refractivity contribution in [1.82, 2.24) is 0 Å². The lowest BCUT2D eigenvalue weighted by atomic mass is 9.77. The number of hydrogen-bond acceptors (Lipinski definition) is 5. The number of ketones is 2. The van der Waals surface area contributed by atoms with Crippen LogP contribution in [-0.4, -0.2) is 29.0 Å². The number of imide groups is 1. The van der Waals surface area contributed by atoms with Gasteiger partial charge in [-0.15, -0.1) is 0 Å². The molecule has 0 saturated carbocycles. The smallest absolute Gasteiger partial charge is 0.241 e. The van der Waals surface area contributed by atoms with Crippen LogP contribution in [0.5, 0.6) is 0 Å². The van der Waals surface area contributed by atoms with Gasteiger partial charge in [0.15, 0.2) is 0 Å². The number of ether oxygens (including phenoxy) is 1.